The molecule has 4 heteroatoms. The number of benzene rings is 1. The Hall–Kier alpha value is -1.84. The molecule has 0 saturated heterocycles. The molecule has 3 N–H and O–H groups in total. The number of nitrogens with zero attached hydrogens (tertiary/aromatic N) is 1. The summed E-state index contributed by atoms with van der Waals surface area (Å²) in [6.07, 6.45) is 3.48. The maximum atomic E-state index is 13.8. The minimum atomic E-state index is -0.249. The molecule has 0 amide bonds. The van der Waals surface area contributed by atoms with E-state index in [9.17, 15) is 4.39 Å². The summed E-state index contributed by atoms with van der Waals surface area (Å²) >= 11 is 0. The molecule has 0 spiro atoms. The molecule has 1 saturated carbocycles. The number of aromatic nitrogens is 2. The van der Waals surface area contributed by atoms with Crippen LogP contribution >= 0.6 is 0 Å². The van der Waals surface area contributed by atoms with Gasteiger partial charge in [-0.3, -0.25) is 5.10 Å². The van der Waals surface area contributed by atoms with Crippen LogP contribution in [0.1, 0.15) is 30.9 Å². The maximum absolute atomic E-state index is 13.8. The van der Waals surface area contributed by atoms with Crippen LogP contribution in [0.4, 0.5) is 10.2 Å². The first-order valence-corrected chi connectivity index (χ1v) is 5.86. The average molecular weight is 231 g/mol. The topological polar surface area (TPSA) is 54.7 Å². The van der Waals surface area contributed by atoms with Crippen molar-refractivity contribution < 1.29 is 4.39 Å². The summed E-state index contributed by atoms with van der Waals surface area (Å²) in [5, 5.41) is 6.98. The third kappa shape index (κ3) is 1.60. The largest absolute Gasteiger partial charge is 0.382 e. The molecule has 1 aromatic carbocycles. The number of aromatic amines is 1. The predicted octanol–water partition coefficient (Wildman–Crippen LogP) is 3.07. The van der Waals surface area contributed by atoms with E-state index in [4.69, 9.17) is 5.73 Å². The standard InChI is InChI=1S/C13H14FN3/c14-10-7-2-1-6-9(10)11-12(8-4-3-5-8)16-17-13(11)15/h1-2,6-8H,3-5H2,(H3,15,16,17). The van der Waals surface area contributed by atoms with E-state index in [-0.39, 0.29) is 5.82 Å². The molecule has 1 aliphatic rings. The van der Waals surface area contributed by atoms with E-state index in [1.54, 1.807) is 12.1 Å². The van der Waals surface area contributed by atoms with Crippen LogP contribution in [-0.2, 0) is 0 Å². The van der Waals surface area contributed by atoms with E-state index in [1.165, 1.54) is 12.5 Å². The summed E-state index contributed by atoms with van der Waals surface area (Å²) < 4.78 is 13.8. The fourth-order valence-corrected chi connectivity index (χ4v) is 2.31. The second-order valence-electron chi connectivity index (χ2n) is 4.51. The van der Waals surface area contributed by atoms with Gasteiger partial charge in [0.05, 0.1) is 0 Å². The first kappa shape index (κ1) is 10.3. The van der Waals surface area contributed by atoms with Crippen LogP contribution in [0.15, 0.2) is 24.3 Å². The molecule has 1 fully saturated rings. The Morgan fingerprint density at radius 3 is 2.71 bits per heavy atom. The Morgan fingerprint density at radius 1 is 1.29 bits per heavy atom. The van der Waals surface area contributed by atoms with Crippen molar-refractivity contribution in [2.45, 2.75) is 25.2 Å². The summed E-state index contributed by atoms with van der Waals surface area (Å²) in [7, 11) is 0. The van der Waals surface area contributed by atoms with Crippen molar-refractivity contribution >= 4 is 5.82 Å². The summed E-state index contributed by atoms with van der Waals surface area (Å²) in [4.78, 5) is 0. The van der Waals surface area contributed by atoms with Gasteiger partial charge in [-0.05, 0) is 18.9 Å². The fourth-order valence-electron chi connectivity index (χ4n) is 2.31. The average Bonchev–Trinajstić information content (AvgIpc) is 2.59. The quantitative estimate of drug-likeness (QED) is 0.834. The number of halogens is 1. The number of nitrogen functional groups attached to an aromatic ring is 1. The zero-order valence-corrected chi connectivity index (χ0v) is 9.41. The Bertz CT molecular complexity index is 543. The zero-order valence-electron chi connectivity index (χ0n) is 9.41. The molecular weight excluding hydrogens is 217 g/mol. The monoisotopic (exact) mass is 231 g/mol. The van der Waals surface area contributed by atoms with Gasteiger partial charge in [-0.25, -0.2) is 4.39 Å². The zero-order chi connectivity index (χ0) is 11.8. The lowest BCUT2D eigenvalue weighted by Gasteiger charge is -2.25. The van der Waals surface area contributed by atoms with Gasteiger partial charge in [-0.15, -0.1) is 0 Å². The molecule has 1 aromatic heterocycles. The molecule has 1 aliphatic carbocycles. The van der Waals surface area contributed by atoms with E-state index >= 15 is 0 Å². The van der Waals surface area contributed by atoms with E-state index in [0.717, 1.165) is 24.1 Å². The van der Waals surface area contributed by atoms with Gasteiger partial charge in [0.15, 0.2) is 5.82 Å². The second-order valence-corrected chi connectivity index (χ2v) is 4.51. The maximum Gasteiger partial charge on any atom is 0.153 e. The molecule has 0 bridgehead atoms. The number of nitrogens with two attached hydrogens (primary N) is 1. The van der Waals surface area contributed by atoms with Crippen LogP contribution in [0.3, 0.4) is 0 Å². The molecule has 0 unspecified atom stereocenters. The molecule has 1 heterocycles. The van der Waals surface area contributed by atoms with Crippen molar-refractivity contribution in [1.82, 2.24) is 10.2 Å². The minimum Gasteiger partial charge on any atom is -0.382 e. The van der Waals surface area contributed by atoms with Crippen molar-refractivity contribution in [3.8, 4) is 11.1 Å². The molecular formula is C13H14FN3. The highest BCUT2D eigenvalue weighted by Crippen LogP contribution is 2.42. The van der Waals surface area contributed by atoms with Crippen LogP contribution in [0.2, 0.25) is 0 Å². The Balaban J connectivity index is 2.13. The molecule has 0 aliphatic heterocycles. The summed E-state index contributed by atoms with van der Waals surface area (Å²) in [5.41, 5.74) is 8.12. The first-order valence-electron chi connectivity index (χ1n) is 5.86. The SMILES string of the molecule is Nc1n[nH]c(C2CCC2)c1-c1ccccc1F. The van der Waals surface area contributed by atoms with Gasteiger partial charge in [0.2, 0.25) is 0 Å². The highest BCUT2D eigenvalue weighted by molar-refractivity contribution is 5.77. The van der Waals surface area contributed by atoms with Gasteiger partial charge in [-0.2, -0.15) is 5.10 Å². The summed E-state index contributed by atoms with van der Waals surface area (Å²) in [6, 6.07) is 6.69. The van der Waals surface area contributed by atoms with Crippen molar-refractivity contribution in [2.24, 2.45) is 0 Å². The smallest absolute Gasteiger partial charge is 0.153 e. The molecule has 3 nitrogen and oxygen atoms in total. The van der Waals surface area contributed by atoms with E-state index < -0.39 is 0 Å². The van der Waals surface area contributed by atoms with Crippen molar-refractivity contribution in [3.63, 3.8) is 0 Å². The van der Waals surface area contributed by atoms with Gasteiger partial charge >= 0.3 is 0 Å². The highest BCUT2D eigenvalue weighted by atomic mass is 19.1. The van der Waals surface area contributed by atoms with Crippen LogP contribution in [0.25, 0.3) is 11.1 Å². The van der Waals surface area contributed by atoms with E-state index in [1.807, 2.05) is 6.07 Å². The van der Waals surface area contributed by atoms with Crippen molar-refractivity contribution in [3.05, 3.63) is 35.8 Å². The van der Waals surface area contributed by atoms with Crippen LogP contribution in [-0.4, -0.2) is 10.2 Å². The molecule has 0 atom stereocenters. The predicted molar refractivity (Wildman–Crippen MR) is 65.0 cm³/mol. The van der Waals surface area contributed by atoms with Gasteiger partial charge in [0, 0.05) is 22.7 Å². The minimum absolute atomic E-state index is 0.249. The van der Waals surface area contributed by atoms with Crippen LogP contribution < -0.4 is 5.73 Å². The number of H-pyrrole nitrogens is 1. The third-order valence-corrected chi connectivity index (χ3v) is 3.48. The Morgan fingerprint density at radius 2 is 2.06 bits per heavy atom. The third-order valence-electron chi connectivity index (χ3n) is 3.48. The number of nitrogens with one attached hydrogen (secondary N) is 1. The normalized spacial score (nSPS) is 15.8. The Kier molecular flexibility index (Phi) is 2.35. The second kappa shape index (κ2) is 3.87. The Labute approximate surface area is 98.8 Å². The van der Waals surface area contributed by atoms with Gasteiger partial charge < -0.3 is 5.73 Å². The van der Waals surface area contributed by atoms with Crippen molar-refractivity contribution in [2.75, 3.05) is 5.73 Å². The molecule has 3 rings (SSSR count). The van der Waals surface area contributed by atoms with E-state index in [2.05, 4.69) is 10.2 Å². The number of rotatable bonds is 2. The lowest BCUT2D eigenvalue weighted by Crippen LogP contribution is -2.10. The van der Waals surface area contributed by atoms with Crippen LogP contribution in [0, 0.1) is 5.82 Å². The van der Waals surface area contributed by atoms with Gasteiger partial charge in [0.1, 0.15) is 5.82 Å². The summed E-state index contributed by atoms with van der Waals surface area (Å²) in [6.45, 7) is 0. The lowest BCUT2D eigenvalue weighted by atomic mass is 9.80. The van der Waals surface area contributed by atoms with E-state index in [0.29, 0.717) is 17.3 Å². The lowest BCUT2D eigenvalue weighted by molar-refractivity contribution is 0.411. The summed E-state index contributed by atoms with van der Waals surface area (Å²) in [5.74, 6) is 0.590. The molecule has 2 aromatic rings. The number of hydrogen-bond acceptors (Lipinski definition) is 2. The van der Waals surface area contributed by atoms with Crippen molar-refractivity contribution in [1.29, 1.82) is 0 Å². The molecule has 0 radical (unpaired) electrons. The molecule has 88 valence electrons. The first-order chi connectivity index (χ1) is 8.27. The number of hydrogen-bond donors (Lipinski definition) is 2. The van der Waals surface area contributed by atoms with Gasteiger partial charge in [0.25, 0.3) is 0 Å². The van der Waals surface area contributed by atoms with Crippen LogP contribution in [0.5, 0.6) is 0 Å². The number of anilines is 1. The highest BCUT2D eigenvalue weighted by Gasteiger charge is 2.27. The fraction of sp³-hybridized carbons (Fsp3) is 0.308. The molecule has 17 heavy (non-hydrogen) atoms. The van der Waals surface area contributed by atoms with Gasteiger partial charge in [-0.1, -0.05) is 24.6 Å².